The van der Waals surface area contributed by atoms with Gasteiger partial charge in [0.15, 0.2) is 0 Å². The van der Waals surface area contributed by atoms with Gasteiger partial charge in [0.1, 0.15) is 11.6 Å². The van der Waals surface area contributed by atoms with Crippen LogP contribution in [0, 0.1) is 5.92 Å². The SMILES string of the molecule is COCC(=O)N[C@@H]1c2ccccc2[C@@H]2CN(Cc3nccs3)C[C@H]12. The summed E-state index contributed by atoms with van der Waals surface area (Å²) in [5, 5.41) is 6.36. The molecule has 2 heterocycles. The highest BCUT2D eigenvalue weighted by molar-refractivity contribution is 7.09. The minimum absolute atomic E-state index is 0.0451. The van der Waals surface area contributed by atoms with Crippen LogP contribution >= 0.6 is 11.3 Å². The van der Waals surface area contributed by atoms with Crippen LogP contribution in [0.15, 0.2) is 35.8 Å². The first-order chi connectivity index (χ1) is 11.8. The summed E-state index contributed by atoms with van der Waals surface area (Å²) in [5.74, 6) is 0.855. The number of ether oxygens (including phenoxy) is 1. The highest BCUT2D eigenvalue weighted by Crippen LogP contribution is 2.49. The molecule has 0 unspecified atom stereocenters. The predicted molar refractivity (Wildman–Crippen MR) is 92.8 cm³/mol. The van der Waals surface area contributed by atoms with Gasteiger partial charge in [0.05, 0.1) is 12.6 Å². The van der Waals surface area contributed by atoms with Gasteiger partial charge in [-0.25, -0.2) is 4.98 Å². The molecule has 2 aliphatic rings. The van der Waals surface area contributed by atoms with Gasteiger partial charge in [-0.05, 0) is 11.1 Å². The maximum Gasteiger partial charge on any atom is 0.246 e. The average molecular weight is 343 g/mol. The van der Waals surface area contributed by atoms with Gasteiger partial charge in [-0.2, -0.15) is 0 Å². The van der Waals surface area contributed by atoms with Crippen LogP contribution in [0.1, 0.15) is 28.1 Å². The Morgan fingerprint density at radius 1 is 1.38 bits per heavy atom. The molecular formula is C18H21N3O2S. The normalized spacial score (nSPS) is 25.5. The van der Waals surface area contributed by atoms with E-state index in [-0.39, 0.29) is 18.6 Å². The second-order valence-electron chi connectivity index (χ2n) is 6.50. The molecule has 1 amide bonds. The van der Waals surface area contributed by atoms with Crippen LogP contribution in [-0.2, 0) is 16.1 Å². The van der Waals surface area contributed by atoms with Gasteiger partial charge in [0, 0.05) is 43.6 Å². The Labute approximate surface area is 145 Å². The Hall–Kier alpha value is -1.76. The number of thiazole rings is 1. The summed E-state index contributed by atoms with van der Waals surface area (Å²) >= 11 is 1.70. The molecule has 1 fully saturated rings. The van der Waals surface area contributed by atoms with E-state index in [9.17, 15) is 4.79 Å². The summed E-state index contributed by atoms with van der Waals surface area (Å²) in [5.41, 5.74) is 2.65. The lowest BCUT2D eigenvalue weighted by atomic mass is 9.94. The van der Waals surface area contributed by atoms with E-state index in [0.717, 1.165) is 24.6 Å². The van der Waals surface area contributed by atoms with Crippen LogP contribution in [0.25, 0.3) is 0 Å². The first kappa shape index (κ1) is 15.7. The van der Waals surface area contributed by atoms with Gasteiger partial charge < -0.3 is 10.1 Å². The second kappa shape index (κ2) is 6.63. The molecule has 1 saturated heterocycles. The average Bonchev–Trinajstić information content (AvgIpc) is 3.27. The second-order valence-corrected chi connectivity index (χ2v) is 7.48. The molecule has 24 heavy (non-hydrogen) atoms. The zero-order chi connectivity index (χ0) is 16.5. The van der Waals surface area contributed by atoms with Gasteiger partial charge >= 0.3 is 0 Å². The lowest BCUT2D eigenvalue weighted by molar-refractivity contribution is -0.125. The van der Waals surface area contributed by atoms with Crippen LogP contribution in [0.3, 0.4) is 0 Å². The fourth-order valence-electron chi connectivity index (χ4n) is 4.13. The molecule has 1 aromatic carbocycles. The first-order valence-corrected chi connectivity index (χ1v) is 9.12. The van der Waals surface area contributed by atoms with Crippen LogP contribution in [0.4, 0.5) is 0 Å². The number of benzene rings is 1. The van der Waals surface area contributed by atoms with E-state index in [0.29, 0.717) is 11.8 Å². The van der Waals surface area contributed by atoms with Crippen molar-refractivity contribution < 1.29 is 9.53 Å². The summed E-state index contributed by atoms with van der Waals surface area (Å²) in [6.07, 6.45) is 1.86. The monoisotopic (exact) mass is 343 g/mol. The Balaban J connectivity index is 1.55. The Kier molecular flexibility index (Phi) is 4.35. The van der Waals surface area contributed by atoms with Crippen molar-refractivity contribution in [2.24, 2.45) is 5.92 Å². The molecule has 3 atom stereocenters. The van der Waals surface area contributed by atoms with E-state index in [1.54, 1.807) is 18.4 Å². The zero-order valence-electron chi connectivity index (χ0n) is 13.6. The van der Waals surface area contributed by atoms with Crippen molar-refractivity contribution in [3.63, 3.8) is 0 Å². The van der Waals surface area contributed by atoms with Crippen LogP contribution in [0.5, 0.6) is 0 Å². The lowest BCUT2D eigenvalue weighted by Crippen LogP contribution is -2.35. The fourth-order valence-corrected chi connectivity index (χ4v) is 4.78. The number of aromatic nitrogens is 1. The number of nitrogens with zero attached hydrogens (tertiary/aromatic N) is 2. The number of likely N-dealkylation sites (tertiary alicyclic amines) is 1. The van der Waals surface area contributed by atoms with E-state index in [2.05, 4.69) is 39.5 Å². The summed E-state index contributed by atoms with van der Waals surface area (Å²) in [4.78, 5) is 18.9. The van der Waals surface area contributed by atoms with E-state index in [1.807, 2.05) is 11.6 Å². The number of carbonyl (C=O) groups is 1. The number of rotatable bonds is 5. The van der Waals surface area contributed by atoms with E-state index < -0.39 is 0 Å². The molecule has 0 bridgehead atoms. The predicted octanol–water partition coefficient (Wildman–Crippen LogP) is 2.18. The third-order valence-electron chi connectivity index (χ3n) is 5.03. The molecule has 4 rings (SSSR count). The Morgan fingerprint density at radius 3 is 2.96 bits per heavy atom. The van der Waals surface area contributed by atoms with Crippen molar-refractivity contribution in [2.75, 3.05) is 26.8 Å². The van der Waals surface area contributed by atoms with Crippen molar-refractivity contribution >= 4 is 17.2 Å². The Bertz CT molecular complexity index is 719. The van der Waals surface area contributed by atoms with E-state index in [4.69, 9.17) is 4.74 Å². The van der Waals surface area contributed by atoms with Crippen LogP contribution < -0.4 is 5.32 Å². The number of hydrogen-bond donors (Lipinski definition) is 1. The third-order valence-corrected chi connectivity index (χ3v) is 5.80. The lowest BCUT2D eigenvalue weighted by Gasteiger charge is -2.22. The number of fused-ring (bicyclic) bond motifs is 3. The molecule has 0 radical (unpaired) electrons. The summed E-state index contributed by atoms with van der Waals surface area (Å²) in [7, 11) is 1.55. The zero-order valence-corrected chi connectivity index (χ0v) is 14.5. The maximum atomic E-state index is 12.1. The maximum absolute atomic E-state index is 12.1. The molecule has 2 aromatic rings. The molecule has 6 heteroatoms. The van der Waals surface area contributed by atoms with Crippen molar-refractivity contribution in [1.82, 2.24) is 15.2 Å². The van der Waals surface area contributed by atoms with Gasteiger partial charge in [-0.15, -0.1) is 11.3 Å². The number of hydrogen-bond acceptors (Lipinski definition) is 5. The Morgan fingerprint density at radius 2 is 2.21 bits per heavy atom. The smallest absolute Gasteiger partial charge is 0.246 e. The van der Waals surface area contributed by atoms with Gasteiger partial charge in [0.2, 0.25) is 5.91 Å². The molecule has 1 aliphatic heterocycles. The third kappa shape index (κ3) is 2.85. The molecular weight excluding hydrogens is 322 g/mol. The summed E-state index contributed by atoms with van der Waals surface area (Å²) in [6.45, 7) is 3.01. The quantitative estimate of drug-likeness (QED) is 0.904. The van der Waals surface area contributed by atoms with E-state index >= 15 is 0 Å². The van der Waals surface area contributed by atoms with Crippen LogP contribution in [-0.4, -0.2) is 42.6 Å². The van der Waals surface area contributed by atoms with Crippen molar-refractivity contribution in [2.45, 2.75) is 18.5 Å². The highest BCUT2D eigenvalue weighted by atomic mass is 32.1. The molecule has 1 aliphatic carbocycles. The largest absolute Gasteiger partial charge is 0.375 e. The molecule has 1 N–H and O–H groups in total. The standard InChI is InChI=1S/C18H21N3O2S/c1-23-11-16(22)20-18-13-5-3-2-4-12(13)14-8-21(9-15(14)18)10-17-19-6-7-24-17/h2-7,14-15,18H,8-11H2,1H3,(H,20,22)/t14-,15-,18+/m0/s1. The fraction of sp³-hybridized carbons (Fsp3) is 0.444. The molecule has 126 valence electrons. The minimum Gasteiger partial charge on any atom is -0.375 e. The number of carbonyl (C=O) groups excluding carboxylic acids is 1. The van der Waals surface area contributed by atoms with Gasteiger partial charge in [-0.3, -0.25) is 9.69 Å². The summed E-state index contributed by atoms with van der Waals surface area (Å²) in [6, 6.07) is 8.59. The number of methoxy groups -OCH3 is 1. The van der Waals surface area contributed by atoms with Crippen molar-refractivity contribution in [3.8, 4) is 0 Å². The van der Waals surface area contributed by atoms with Gasteiger partial charge in [-0.1, -0.05) is 24.3 Å². The minimum atomic E-state index is -0.0451. The van der Waals surface area contributed by atoms with Crippen molar-refractivity contribution in [3.05, 3.63) is 52.0 Å². The molecule has 0 spiro atoms. The number of amides is 1. The molecule has 1 aromatic heterocycles. The highest BCUT2D eigenvalue weighted by Gasteiger charge is 2.46. The topological polar surface area (TPSA) is 54.5 Å². The van der Waals surface area contributed by atoms with Crippen LogP contribution in [0.2, 0.25) is 0 Å². The van der Waals surface area contributed by atoms with Gasteiger partial charge in [0.25, 0.3) is 0 Å². The first-order valence-electron chi connectivity index (χ1n) is 8.24. The molecule has 5 nitrogen and oxygen atoms in total. The summed E-state index contributed by atoms with van der Waals surface area (Å²) < 4.78 is 4.98. The van der Waals surface area contributed by atoms with E-state index in [1.165, 1.54) is 11.1 Å². The molecule has 0 saturated carbocycles. The van der Waals surface area contributed by atoms with Crippen molar-refractivity contribution in [1.29, 1.82) is 0 Å². The number of nitrogens with one attached hydrogen (secondary N) is 1.